The minimum Gasteiger partial charge on any atom is -0.493 e. The van der Waals surface area contributed by atoms with Gasteiger partial charge < -0.3 is 20.7 Å². The molecule has 3 aromatic rings. The number of amides is 1. The van der Waals surface area contributed by atoms with E-state index in [2.05, 4.69) is 72.5 Å². The topological polar surface area (TPSA) is 115 Å². The molecule has 3 heterocycles. The summed E-state index contributed by atoms with van der Waals surface area (Å²) < 4.78 is 6.76. The molecule has 1 amide bonds. The van der Waals surface area contributed by atoms with Crippen molar-refractivity contribution in [1.82, 2.24) is 20.2 Å². The molecule has 192 valence electrons. The molecular formula is C27H30IN7O2. The van der Waals surface area contributed by atoms with Crippen LogP contribution in [0.4, 0.5) is 23.1 Å². The maximum atomic E-state index is 12.4. The van der Waals surface area contributed by atoms with Crippen LogP contribution < -0.4 is 20.7 Å². The summed E-state index contributed by atoms with van der Waals surface area (Å²) in [5, 5.41) is 19.1. The zero-order chi connectivity index (χ0) is 26.0. The number of rotatable bonds is 2. The van der Waals surface area contributed by atoms with Gasteiger partial charge in [-0.25, -0.2) is 4.98 Å². The zero-order valence-electron chi connectivity index (χ0n) is 20.8. The van der Waals surface area contributed by atoms with Gasteiger partial charge in [0.25, 0.3) is 0 Å². The molecule has 0 saturated carbocycles. The van der Waals surface area contributed by atoms with E-state index >= 15 is 0 Å². The van der Waals surface area contributed by atoms with Gasteiger partial charge in [-0.3, -0.25) is 9.69 Å². The van der Waals surface area contributed by atoms with Crippen LogP contribution in [0.2, 0.25) is 0 Å². The van der Waals surface area contributed by atoms with Crippen molar-refractivity contribution < 1.29 is 9.53 Å². The lowest BCUT2D eigenvalue weighted by Gasteiger charge is -2.21. The lowest BCUT2D eigenvalue weighted by molar-refractivity contribution is -0.121. The van der Waals surface area contributed by atoms with Crippen molar-refractivity contribution in [3.63, 3.8) is 0 Å². The molecule has 2 aliphatic heterocycles. The predicted octanol–water partition coefficient (Wildman–Crippen LogP) is 4.88. The van der Waals surface area contributed by atoms with Crippen LogP contribution in [0.15, 0.2) is 48.7 Å². The molecule has 6 bridgehead atoms. The van der Waals surface area contributed by atoms with Crippen LogP contribution in [0.3, 0.4) is 0 Å². The molecule has 0 atom stereocenters. The Bertz CT molecular complexity index is 1280. The van der Waals surface area contributed by atoms with Crippen molar-refractivity contribution in [2.75, 3.05) is 36.9 Å². The molecule has 10 heteroatoms. The first kappa shape index (κ1) is 26.6. The van der Waals surface area contributed by atoms with Crippen LogP contribution in [0.5, 0.6) is 5.75 Å². The van der Waals surface area contributed by atoms with Crippen molar-refractivity contribution in [1.29, 1.82) is 5.26 Å². The second-order valence-corrected chi connectivity index (χ2v) is 9.41. The molecule has 5 rings (SSSR count). The largest absolute Gasteiger partial charge is 0.493 e. The SMILES string of the molecule is CCN1CCC(=O)NCCCOc2ccc(cc2CI)Nc2ncc(C#N)c(n2)Nc2cccc(c2)C1. The van der Waals surface area contributed by atoms with Crippen molar-refractivity contribution in [2.45, 2.75) is 30.7 Å². The van der Waals surface area contributed by atoms with Gasteiger partial charge in [-0.15, -0.1) is 0 Å². The number of benzene rings is 2. The Morgan fingerprint density at radius 1 is 1.19 bits per heavy atom. The maximum absolute atomic E-state index is 12.4. The van der Waals surface area contributed by atoms with Crippen LogP contribution in [-0.2, 0) is 15.8 Å². The molecule has 0 aliphatic carbocycles. The fraction of sp³-hybridized carbons (Fsp3) is 0.333. The summed E-state index contributed by atoms with van der Waals surface area (Å²) in [5.41, 5.74) is 4.14. The molecular weight excluding hydrogens is 581 g/mol. The molecule has 0 radical (unpaired) electrons. The number of alkyl halides is 1. The fourth-order valence-corrected chi connectivity index (χ4v) is 4.57. The van der Waals surface area contributed by atoms with E-state index in [4.69, 9.17) is 4.74 Å². The molecule has 2 aliphatic rings. The van der Waals surface area contributed by atoms with Crippen molar-refractivity contribution in [2.24, 2.45) is 0 Å². The molecule has 0 unspecified atom stereocenters. The number of aromatic nitrogens is 2. The maximum Gasteiger partial charge on any atom is 0.229 e. The van der Waals surface area contributed by atoms with Crippen LogP contribution in [-0.4, -0.2) is 47.0 Å². The first-order chi connectivity index (χ1) is 18.1. The average molecular weight is 611 g/mol. The number of carbonyl (C=O) groups excluding carboxylic acids is 1. The first-order valence-corrected chi connectivity index (χ1v) is 13.8. The van der Waals surface area contributed by atoms with Gasteiger partial charge in [0, 0.05) is 47.4 Å². The summed E-state index contributed by atoms with van der Waals surface area (Å²) in [5.74, 6) is 1.68. The van der Waals surface area contributed by atoms with Gasteiger partial charge >= 0.3 is 0 Å². The summed E-state index contributed by atoms with van der Waals surface area (Å²) in [6.45, 7) is 5.39. The van der Waals surface area contributed by atoms with Gasteiger partial charge in [0.15, 0.2) is 5.82 Å². The van der Waals surface area contributed by atoms with E-state index in [0.717, 1.165) is 45.6 Å². The number of anilines is 4. The van der Waals surface area contributed by atoms with E-state index in [-0.39, 0.29) is 5.91 Å². The van der Waals surface area contributed by atoms with Gasteiger partial charge in [-0.1, -0.05) is 41.6 Å². The van der Waals surface area contributed by atoms with E-state index in [1.807, 2.05) is 36.4 Å². The number of halogens is 1. The lowest BCUT2D eigenvalue weighted by Crippen LogP contribution is -2.31. The predicted molar refractivity (Wildman–Crippen MR) is 153 cm³/mol. The summed E-state index contributed by atoms with van der Waals surface area (Å²) in [6, 6.07) is 16.0. The summed E-state index contributed by atoms with van der Waals surface area (Å²) in [6.07, 6.45) is 2.68. The zero-order valence-corrected chi connectivity index (χ0v) is 22.9. The van der Waals surface area contributed by atoms with Gasteiger partial charge in [-0.05, 0) is 48.9 Å². The molecule has 0 spiro atoms. The Balaban J connectivity index is 1.64. The number of fused-ring (bicyclic) bond motifs is 11. The number of ether oxygens (including phenoxy) is 1. The van der Waals surface area contributed by atoms with Crippen molar-refractivity contribution >= 4 is 51.6 Å². The standard InChI is InChI=1S/C27H30IN7O2/c1-2-35-11-9-25(36)30-10-4-12-37-24-8-7-23(14-20(24)15-28)33-27-31-17-21(16-29)26(34-27)32-22-6-3-5-19(13-22)18-35/h3,5-8,13-14,17H,2,4,9-12,15,18H2,1H3,(H,30,36)(H2,31,32,33,34). The molecule has 0 saturated heterocycles. The third-order valence-corrected chi connectivity index (χ3v) is 6.79. The van der Waals surface area contributed by atoms with Gasteiger partial charge in [0.05, 0.1) is 12.8 Å². The Labute approximate surface area is 230 Å². The number of hydrogen-bond donors (Lipinski definition) is 3. The van der Waals surface area contributed by atoms with Gasteiger partial charge in [0.1, 0.15) is 17.4 Å². The highest BCUT2D eigenvalue weighted by Crippen LogP contribution is 2.28. The Morgan fingerprint density at radius 2 is 2.05 bits per heavy atom. The lowest BCUT2D eigenvalue weighted by atomic mass is 10.1. The van der Waals surface area contributed by atoms with E-state index in [9.17, 15) is 10.1 Å². The quantitative estimate of drug-likeness (QED) is 0.278. The first-order valence-electron chi connectivity index (χ1n) is 12.3. The molecule has 2 aromatic carbocycles. The number of hydrogen-bond acceptors (Lipinski definition) is 8. The summed E-state index contributed by atoms with van der Waals surface area (Å²) >= 11 is 2.31. The highest BCUT2D eigenvalue weighted by atomic mass is 127. The fourth-order valence-electron chi connectivity index (χ4n) is 3.97. The second-order valence-electron chi connectivity index (χ2n) is 8.64. The second kappa shape index (κ2) is 13.2. The average Bonchev–Trinajstić information content (AvgIpc) is 2.91. The summed E-state index contributed by atoms with van der Waals surface area (Å²) in [7, 11) is 0. The molecule has 1 aromatic heterocycles. The number of carbonyl (C=O) groups is 1. The third kappa shape index (κ3) is 7.53. The minimum atomic E-state index is 0.0444. The van der Waals surface area contributed by atoms with Gasteiger partial charge in [0.2, 0.25) is 11.9 Å². The van der Waals surface area contributed by atoms with Gasteiger partial charge in [-0.2, -0.15) is 10.2 Å². The Hall–Kier alpha value is -3.43. The highest BCUT2D eigenvalue weighted by molar-refractivity contribution is 14.1. The normalized spacial score (nSPS) is 15.1. The number of nitriles is 1. The van der Waals surface area contributed by atoms with E-state index in [0.29, 0.717) is 50.0 Å². The molecule has 3 N–H and O–H groups in total. The van der Waals surface area contributed by atoms with Crippen molar-refractivity contribution in [3.05, 3.63) is 65.4 Å². The molecule has 9 nitrogen and oxygen atoms in total. The third-order valence-electron chi connectivity index (χ3n) is 5.97. The van der Waals surface area contributed by atoms with Crippen LogP contribution in [0.25, 0.3) is 0 Å². The number of nitrogens with one attached hydrogen (secondary N) is 3. The Kier molecular flexibility index (Phi) is 9.51. The smallest absolute Gasteiger partial charge is 0.229 e. The molecule has 37 heavy (non-hydrogen) atoms. The highest BCUT2D eigenvalue weighted by Gasteiger charge is 2.12. The van der Waals surface area contributed by atoms with Crippen LogP contribution >= 0.6 is 22.6 Å². The monoisotopic (exact) mass is 611 g/mol. The van der Waals surface area contributed by atoms with E-state index in [1.165, 1.54) is 6.20 Å². The minimum absolute atomic E-state index is 0.0444. The van der Waals surface area contributed by atoms with E-state index in [1.54, 1.807) is 0 Å². The van der Waals surface area contributed by atoms with E-state index < -0.39 is 0 Å². The van der Waals surface area contributed by atoms with Crippen molar-refractivity contribution in [3.8, 4) is 11.8 Å². The van der Waals surface area contributed by atoms with Crippen LogP contribution in [0.1, 0.15) is 36.5 Å². The Morgan fingerprint density at radius 3 is 2.86 bits per heavy atom. The molecule has 0 fully saturated rings. The van der Waals surface area contributed by atoms with Crippen LogP contribution in [0, 0.1) is 11.3 Å². The summed E-state index contributed by atoms with van der Waals surface area (Å²) in [4.78, 5) is 23.5. The number of nitrogens with zero attached hydrogens (tertiary/aromatic N) is 4.